The summed E-state index contributed by atoms with van der Waals surface area (Å²) in [5, 5.41) is 2.18. The molecule has 3 aromatic rings. The van der Waals surface area contributed by atoms with Crippen LogP contribution in [0.15, 0.2) is 66.0 Å². The van der Waals surface area contributed by atoms with Crippen LogP contribution in [0.2, 0.25) is 0 Å². The van der Waals surface area contributed by atoms with Crippen molar-refractivity contribution < 1.29 is 9.59 Å². The second-order valence-corrected chi connectivity index (χ2v) is 10.9. The van der Waals surface area contributed by atoms with Crippen LogP contribution < -0.4 is 0 Å². The number of amides is 2. The third-order valence-corrected chi connectivity index (χ3v) is 8.74. The van der Waals surface area contributed by atoms with Crippen LogP contribution in [0.3, 0.4) is 0 Å². The van der Waals surface area contributed by atoms with E-state index in [2.05, 4.69) is 54.5 Å². The predicted molar refractivity (Wildman–Crippen MR) is 145 cm³/mol. The van der Waals surface area contributed by atoms with Gasteiger partial charge in [-0.05, 0) is 53.5 Å². The standard InChI is InChI=1S/C30H35N3O2S/c1-3-24(23-10-5-4-6-11-23)30(35)32-18-16-31(17-19-32)28(34)21-33-15-13-27-26(14-20-36-27)29(33)25-12-8-7-9-22(25)2/h4-12,14,20,24,29H,3,13,15-19,21H2,1-2H3/t24-,29+/m1/s1. The van der Waals surface area contributed by atoms with Crippen LogP contribution >= 0.6 is 11.3 Å². The molecule has 0 radical (unpaired) electrons. The molecule has 188 valence electrons. The lowest BCUT2D eigenvalue weighted by molar-refractivity contribution is -0.141. The minimum Gasteiger partial charge on any atom is -0.339 e. The Bertz CT molecular complexity index is 1200. The van der Waals surface area contributed by atoms with E-state index in [0.717, 1.165) is 24.9 Å². The summed E-state index contributed by atoms with van der Waals surface area (Å²) in [5.74, 6) is 0.224. The van der Waals surface area contributed by atoms with E-state index < -0.39 is 0 Å². The number of hydrogen-bond acceptors (Lipinski definition) is 4. The van der Waals surface area contributed by atoms with Gasteiger partial charge in [-0.1, -0.05) is 61.5 Å². The highest BCUT2D eigenvalue weighted by atomic mass is 32.1. The minimum atomic E-state index is -0.114. The van der Waals surface area contributed by atoms with Crippen molar-refractivity contribution in [2.75, 3.05) is 39.3 Å². The van der Waals surface area contributed by atoms with Gasteiger partial charge in [-0.2, -0.15) is 0 Å². The number of thiophene rings is 1. The number of carbonyl (C=O) groups is 2. The van der Waals surface area contributed by atoms with E-state index in [1.807, 2.05) is 51.5 Å². The van der Waals surface area contributed by atoms with E-state index in [-0.39, 0.29) is 23.8 Å². The van der Waals surface area contributed by atoms with Crippen LogP contribution in [0.25, 0.3) is 0 Å². The van der Waals surface area contributed by atoms with Gasteiger partial charge in [0.1, 0.15) is 0 Å². The molecule has 1 aromatic heterocycles. The normalized spacial score (nSPS) is 19.1. The summed E-state index contributed by atoms with van der Waals surface area (Å²) in [4.78, 5) is 34.4. The molecule has 36 heavy (non-hydrogen) atoms. The Morgan fingerprint density at radius 3 is 2.31 bits per heavy atom. The van der Waals surface area contributed by atoms with Crippen LogP contribution in [-0.4, -0.2) is 65.8 Å². The minimum absolute atomic E-state index is 0.114. The van der Waals surface area contributed by atoms with Gasteiger partial charge in [0.25, 0.3) is 0 Å². The second kappa shape index (κ2) is 11.0. The lowest BCUT2D eigenvalue weighted by Crippen LogP contribution is -2.54. The number of fused-ring (bicyclic) bond motifs is 1. The van der Waals surface area contributed by atoms with Crippen molar-refractivity contribution in [3.05, 3.63) is 93.2 Å². The third kappa shape index (κ3) is 4.97. The number of piperazine rings is 1. The SMILES string of the molecule is CC[C@@H](C(=O)N1CCN(C(=O)CN2CCc3sccc3[C@@H]2c2ccccc2C)CC1)c1ccccc1. The van der Waals surface area contributed by atoms with E-state index in [1.165, 1.54) is 21.6 Å². The molecular formula is C30H35N3O2S. The number of carbonyl (C=O) groups excluding carboxylic acids is 2. The zero-order valence-corrected chi connectivity index (χ0v) is 22.0. The summed E-state index contributed by atoms with van der Waals surface area (Å²) in [6, 6.07) is 20.9. The first-order valence-electron chi connectivity index (χ1n) is 13.0. The molecular weight excluding hydrogens is 466 g/mol. The number of rotatable bonds is 6. The Kier molecular flexibility index (Phi) is 7.54. The maximum absolute atomic E-state index is 13.4. The second-order valence-electron chi connectivity index (χ2n) is 9.86. The maximum atomic E-state index is 13.4. The van der Waals surface area contributed by atoms with Gasteiger partial charge in [0, 0.05) is 37.6 Å². The van der Waals surface area contributed by atoms with E-state index in [9.17, 15) is 9.59 Å². The molecule has 5 rings (SSSR count). The van der Waals surface area contributed by atoms with Gasteiger partial charge < -0.3 is 9.80 Å². The fourth-order valence-corrected chi connectivity index (χ4v) is 6.61. The van der Waals surface area contributed by atoms with Gasteiger partial charge in [0.05, 0.1) is 18.5 Å². The number of hydrogen-bond donors (Lipinski definition) is 0. The average Bonchev–Trinajstić information content (AvgIpc) is 3.39. The third-order valence-electron chi connectivity index (χ3n) is 7.74. The van der Waals surface area contributed by atoms with Crippen molar-refractivity contribution >= 4 is 23.2 Å². The van der Waals surface area contributed by atoms with Gasteiger partial charge in [-0.3, -0.25) is 14.5 Å². The molecule has 2 aliphatic rings. The van der Waals surface area contributed by atoms with Gasteiger partial charge in [-0.15, -0.1) is 11.3 Å². The van der Waals surface area contributed by atoms with Crippen LogP contribution in [0, 0.1) is 6.92 Å². The first-order valence-corrected chi connectivity index (χ1v) is 13.9. The Hall–Kier alpha value is -2.96. The number of benzene rings is 2. The van der Waals surface area contributed by atoms with Crippen LogP contribution in [0.4, 0.5) is 0 Å². The fraction of sp³-hybridized carbons (Fsp3) is 0.400. The Morgan fingerprint density at radius 1 is 0.889 bits per heavy atom. The van der Waals surface area contributed by atoms with Gasteiger partial charge in [0.15, 0.2) is 0 Å². The van der Waals surface area contributed by atoms with E-state index in [4.69, 9.17) is 0 Å². The fourth-order valence-electron chi connectivity index (χ4n) is 5.71. The summed E-state index contributed by atoms with van der Waals surface area (Å²) < 4.78 is 0. The molecule has 1 fully saturated rings. The molecule has 5 nitrogen and oxygen atoms in total. The van der Waals surface area contributed by atoms with Crippen molar-refractivity contribution in [3.8, 4) is 0 Å². The quantitative estimate of drug-likeness (QED) is 0.484. The monoisotopic (exact) mass is 501 g/mol. The number of aryl methyl sites for hydroxylation is 1. The van der Waals surface area contributed by atoms with Crippen LogP contribution in [-0.2, 0) is 16.0 Å². The molecule has 2 aromatic carbocycles. The van der Waals surface area contributed by atoms with E-state index >= 15 is 0 Å². The lowest BCUT2D eigenvalue weighted by Gasteiger charge is -2.40. The highest BCUT2D eigenvalue weighted by molar-refractivity contribution is 7.10. The first-order chi connectivity index (χ1) is 17.6. The van der Waals surface area contributed by atoms with Crippen molar-refractivity contribution in [3.63, 3.8) is 0 Å². The highest BCUT2D eigenvalue weighted by Crippen LogP contribution is 2.38. The predicted octanol–water partition coefficient (Wildman–Crippen LogP) is 4.87. The smallest absolute Gasteiger partial charge is 0.236 e. The van der Waals surface area contributed by atoms with E-state index in [0.29, 0.717) is 32.7 Å². The molecule has 0 saturated carbocycles. The molecule has 6 heteroatoms. The zero-order chi connectivity index (χ0) is 25.1. The highest BCUT2D eigenvalue weighted by Gasteiger charge is 2.34. The van der Waals surface area contributed by atoms with Crippen molar-refractivity contribution in [2.24, 2.45) is 0 Å². The summed E-state index contributed by atoms with van der Waals surface area (Å²) in [7, 11) is 0. The summed E-state index contributed by atoms with van der Waals surface area (Å²) >= 11 is 1.82. The molecule has 0 spiro atoms. The molecule has 0 bridgehead atoms. The van der Waals surface area contributed by atoms with Gasteiger partial charge >= 0.3 is 0 Å². The maximum Gasteiger partial charge on any atom is 0.236 e. The average molecular weight is 502 g/mol. The van der Waals surface area contributed by atoms with Crippen molar-refractivity contribution in [1.29, 1.82) is 0 Å². The number of nitrogens with zero attached hydrogens (tertiary/aromatic N) is 3. The lowest BCUT2D eigenvalue weighted by atomic mass is 9.90. The topological polar surface area (TPSA) is 43.9 Å². The first kappa shape index (κ1) is 24.7. The largest absolute Gasteiger partial charge is 0.339 e. The Morgan fingerprint density at radius 2 is 1.58 bits per heavy atom. The van der Waals surface area contributed by atoms with Crippen molar-refractivity contribution in [1.82, 2.24) is 14.7 Å². The summed E-state index contributed by atoms with van der Waals surface area (Å²) in [6.45, 7) is 7.91. The molecule has 1 saturated heterocycles. The van der Waals surface area contributed by atoms with Crippen LogP contribution in [0.1, 0.15) is 52.4 Å². The molecule has 0 unspecified atom stereocenters. The zero-order valence-electron chi connectivity index (χ0n) is 21.2. The summed E-state index contributed by atoms with van der Waals surface area (Å²) in [5.41, 5.74) is 4.96. The molecule has 3 heterocycles. The van der Waals surface area contributed by atoms with Crippen molar-refractivity contribution in [2.45, 2.75) is 38.6 Å². The molecule has 2 atom stereocenters. The molecule has 0 aliphatic carbocycles. The van der Waals surface area contributed by atoms with Gasteiger partial charge in [0.2, 0.25) is 11.8 Å². The molecule has 2 amide bonds. The van der Waals surface area contributed by atoms with E-state index in [1.54, 1.807) is 0 Å². The molecule has 0 N–H and O–H groups in total. The molecule has 2 aliphatic heterocycles. The van der Waals surface area contributed by atoms with Crippen LogP contribution in [0.5, 0.6) is 0 Å². The summed E-state index contributed by atoms with van der Waals surface area (Å²) in [6.07, 6.45) is 1.77. The van der Waals surface area contributed by atoms with Gasteiger partial charge in [-0.25, -0.2) is 0 Å². The Balaban J connectivity index is 1.24. The Labute approximate surface area is 218 Å².